The Morgan fingerprint density at radius 2 is 1.83 bits per heavy atom. The van der Waals surface area contributed by atoms with Crippen LogP contribution >= 0.6 is 11.6 Å². The fourth-order valence-corrected chi connectivity index (χ4v) is 2.78. The summed E-state index contributed by atoms with van der Waals surface area (Å²) in [5.74, 6) is 0.997. The molecule has 0 aliphatic carbocycles. The van der Waals surface area contributed by atoms with E-state index in [2.05, 4.69) is 10.6 Å². The van der Waals surface area contributed by atoms with Crippen molar-refractivity contribution in [3.63, 3.8) is 0 Å². The van der Waals surface area contributed by atoms with Crippen LogP contribution < -0.4 is 24.8 Å². The van der Waals surface area contributed by atoms with Crippen LogP contribution in [0.1, 0.15) is 19.4 Å². The molecule has 0 aliphatic heterocycles. The van der Waals surface area contributed by atoms with Gasteiger partial charge in [0.1, 0.15) is 5.75 Å². The number of amides is 2. The molecule has 0 aromatic heterocycles. The number of anilines is 1. The molecule has 0 radical (unpaired) electrons. The number of hydrogen-bond acceptors (Lipinski definition) is 5. The van der Waals surface area contributed by atoms with Crippen molar-refractivity contribution in [2.24, 2.45) is 0 Å². The molecule has 0 heterocycles. The minimum Gasteiger partial charge on any atom is -0.493 e. The van der Waals surface area contributed by atoms with Crippen LogP contribution in [0.2, 0.25) is 5.02 Å². The maximum absolute atomic E-state index is 12.2. The predicted molar refractivity (Wildman–Crippen MR) is 117 cm³/mol. The number of ether oxygens (including phenoxy) is 3. The number of benzene rings is 2. The Balaban J connectivity index is 1.96. The molecule has 30 heavy (non-hydrogen) atoms. The van der Waals surface area contributed by atoms with Gasteiger partial charge in [-0.2, -0.15) is 0 Å². The molecule has 7 nitrogen and oxygen atoms in total. The van der Waals surface area contributed by atoms with E-state index in [1.807, 2.05) is 13.8 Å². The molecule has 0 saturated heterocycles. The highest BCUT2D eigenvalue weighted by Gasteiger charge is 2.11. The summed E-state index contributed by atoms with van der Waals surface area (Å²) in [6.07, 6.45) is 3.02. The maximum atomic E-state index is 12.2. The van der Waals surface area contributed by atoms with Gasteiger partial charge in [-0.15, -0.1) is 0 Å². The summed E-state index contributed by atoms with van der Waals surface area (Å²) in [6.45, 7) is 4.65. The van der Waals surface area contributed by atoms with Crippen molar-refractivity contribution in [2.75, 3.05) is 32.2 Å². The number of carbonyl (C=O) groups excluding carboxylic acids is 2. The summed E-state index contributed by atoms with van der Waals surface area (Å²) >= 11 is 6.24. The van der Waals surface area contributed by atoms with Gasteiger partial charge in [0.05, 0.1) is 18.7 Å². The second kappa shape index (κ2) is 11.7. The molecular weight excluding hydrogens is 408 g/mol. The molecule has 0 fully saturated rings. The molecular formula is C22H25ClN2O5. The van der Waals surface area contributed by atoms with E-state index >= 15 is 0 Å². The van der Waals surface area contributed by atoms with E-state index < -0.39 is 0 Å². The predicted octanol–water partition coefficient (Wildman–Crippen LogP) is 3.91. The Hall–Kier alpha value is -3.19. The molecule has 2 N–H and O–H groups in total. The van der Waals surface area contributed by atoms with Crippen LogP contribution in [0.3, 0.4) is 0 Å². The molecule has 0 bridgehead atoms. The lowest BCUT2D eigenvalue weighted by molar-refractivity contribution is -0.123. The molecule has 2 amide bonds. The van der Waals surface area contributed by atoms with Crippen molar-refractivity contribution in [2.45, 2.75) is 13.8 Å². The summed E-state index contributed by atoms with van der Waals surface area (Å²) in [4.78, 5) is 23.6. The molecule has 160 valence electrons. The SMILES string of the molecule is CCNC(=O)COc1ccc(NC(=O)/C=C/c2cc(Cl)c(OCC)c(OC)c2)cc1. The first-order chi connectivity index (χ1) is 14.5. The van der Waals surface area contributed by atoms with Crippen molar-refractivity contribution in [1.82, 2.24) is 5.32 Å². The lowest BCUT2D eigenvalue weighted by Crippen LogP contribution is -2.28. The van der Waals surface area contributed by atoms with Gasteiger partial charge in [0, 0.05) is 18.3 Å². The van der Waals surface area contributed by atoms with Gasteiger partial charge in [0.25, 0.3) is 5.91 Å². The van der Waals surface area contributed by atoms with Gasteiger partial charge in [0.2, 0.25) is 5.91 Å². The standard InChI is InChI=1S/C22H25ClN2O5/c1-4-24-21(27)14-30-17-9-7-16(8-10-17)25-20(26)11-6-15-12-18(23)22(29-5-2)19(13-15)28-3/h6-13H,4-5,14H2,1-3H3,(H,24,27)(H,25,26)/b11-6+. The zero-order valence-electron chi connectivity index (χ0n) is 17.2. The van der Waals surface area contributed by atoms with E-state index in [0.29, 0.717) is 46.7 Å². The van der Waals surface area contributed by atoms with Crippen molar-refractivity contribution in [1.29, 1.82) is 0 Å². The lowest BCUT2D eigenvalue weighted by Gasteiger charge is -2.11. The number of nitrogens with one attached hydrogen (secondary N) is 2. The van der Waals surface area contributed by atoms with E-state index in [1.165, 1.54) is 13.2 Å². The van der Waals surface area contributed by atoms with E-state index in [9.17, 15) is 9.59 Å². The third kappa shape index (κ3) is 7.00. The van der Waals surface area contributed by atoms with Crippen LogP contribution in [0.15, 0.2) is 42.5 Å². The molecule has 2 rings (SSSR count). The fraction of sp³-hybridized carbons (Fsp3) is 0.273. The summed E-state index contributed by atoms with van der Waals surface area (Å²) in [5, 5.41) is 5.80. The molecule has 8 heteroatoms. The highest BCUT2D eigenvalue weighted by molar-refractivity contribution is 6.32. The second-order valence-corrected chi connectivity index (χ2v) is 6.46. The minimum absolute atomic E-state index is 0.0591. The quantitative estimate of drug-likeness (QED) is 0.556. The Bertz CT molecular complexity index is 897. The summed E-state index contributed by atoms with van der Waals surface area (Å²) in [6, 6.07) is 10.2. The monoisotopic (exact) mass is 432 g/mol. The van der Waals surface area contributed by atoms with Gasteiger partial charge in [-0.1, -0.05) is 11.6 Å². The number of carbonyl (C=O) groups is 2. The number of hydrogen-bond donors (Lipinski definition) is 2. The van der Waals surface area contributed by atoms with Crippen LogP contribution in [0.4, 0.5) is 5.69 Å². The lowest BCUT2D eigenvalue weighted by atomic mass is 10.2. The number of rotatable bonds is 10. The third-order valence-electron chi connectivity index (χ3n) is 3.83. The van der Waals surface area contributed by atoms with E-state index in [-0.39, 0.29) is 18.4 Å². The first-order valence-corrected chi connectivity index (χ1v) is 9.83. The summed E-state index contributed by atoms with van der Waals surface area (Å²) in [7, 11) is 1.53. The van der Waals surface area contributed by atoms with Crippen LogP contribution in [0.25, 0.3) is 6.08 Å². The van der Waals surface area contributed by atoms with Crippen LogP contribution in [0.5, 0.6) is 17.2 Å². The number of likely N-dealkylation sites (N-methyl/N-ethyl adjacent to an activating group) is 1. The smallest absolute Gasteiger partial charge is 0.257 e. The Morgan fingerprint density at radius 1 is 1.10 bits per heavy atom. The van der Waals surface area contributed by atoms with Gasteiger partial charge in [-0.05, 0) is 61.9 Å². The minimum atomic E-state index is -0.310. The zero-order valence-corrected chi connectivity index (χ0v) is 17.9. The highest BCUT2D eigenvalue weighted by atomic mass is 35.5. The topological polar surface area (TPSA) is 85.9 Å². The van der Waals surface area contributed by atoms with E-state index in [0.717, 1.165) is 0 Å². The average Bonchev–Trinajstić information content (AvgIpc) is 2.73. The first-order valence-electron chi connectivity index (χ1n) is 9.45. The molecule has 0 unspecified atom stereocenters. The molecule has 0 aliphatic rings. The maximum Gasteiger partial charge on any atom is 0.257 e. The molecule has 0 spiro atoms. The van der Waals surface area contributed by atoms with Gasteiger partial charge in [-0.25, -0.2) is 0 Å². The van der Waals surface area contributed by atoms with Gasteiger partial charge in [-0.3, -0.25) is 9.59 Å². The number of halogens is 1. The Kier molecular flexibility index (Phi) is 9.03. The van der Waals surface area contributed by atoms with Gasteiger partial charge < -0.3 is 24.8 Å². The Morgan fingerprint density at radius 3 is 2.47 bits per heavy atom. The third-order valence-corrected chi connectivity index (χ3v) is 4.11. The van der Waals surface area contributed by atoms with Crippen molar-refractivity contribution in [3.05, 3.63) is 53.1 Å². The number of methoxy groups -OCH3 is 1. The van der Waals surface area contributed by atoms with Crippen molar-refractivity contribution in [3.8, 4) is 17.2 Å². The molecule has 0 atom stereocenters. The van der Waals surface area contributed by atoms with E-state index in [4.69, 9.17) is 25.8 Å². The molecule has 2 aromatic carbocycles. The second-order valence-electron chi connectivity index (χ2n) is 6.06. The highest BCUT2D eigenvalue weighted by Crippen LogP contribution is 2.36. The summed E-state index contributed by atoms with van der Waals surface area (Å²) in [5.41, 5.74) is 1.29. The van der Waals surface area contributed by atoms with E-state index in [1.54, 1.807) is 42.5 Å². The average molecular weight is 433 g/mol. The molecule has 0 saturated carbocycles. The van der Waals surface area contributed by atoms with Crippen LogP contribution in [0, 0.1) is 0 Å². The largest absolute Gasteiger partial charge is 0.493 e. The zero-order chi connectivity index (χ0) is 21.9. The van der Waals surface area contributed by atoms with Crippen LogP contribution in [-0.2, 0) is 9.59 Å². The molecule has 2 aromatic rings. The Labute approximate surface area is 181 Å². The van der Waals surface area contributed by atoms with Gasteiger partial charge >= 0.3 is 0 Å². The normalized spacial score (nSPS) is 10.5. The van der Waals surface area contributed by atoms with Crippen LogP contribution in [-0.4, -0.2) is 38.7 Å². The van der Waals surface area contributed by atoms with Crippen molar-refractivity contribution >= 4 is 35.2 Å². The van der Waals surface area contributed by atoms with Gasteiger partial charge in [0.15, 0.2) is 18.1 Å². The first kappa shape index (κ1) is 23.1. The fourth-order valence-electron chi connectivity index (χ4n) is 2.51. The summed E-state index contributed by atoms with van der Waals surface area (Å²) < 4.78 is 16.2. The van der Waals surface area contributed by atoms with Crippen molar-refractivity contribution < 1.29 is 23.8 Å².